The summed E-state index contributed by atoms with van der Waals surface area (Å²) in [4.78, 5) is 2.39. The maximum Gasteiger partial charge on any atom is 0.216 e. The predicted octanol–water partition coefficient (Wildman–Crippen LogP) is 1.73. The van der Waals surface area contributed by atoms with Crippen molar-refractivity contribution in [3.8, 4) is 6.07 Å². The summed E-state index contributed by atoms with van der Waals surface area (Å²) in [5.41, 5.74) is 2.46. The standard InChI is InChI=1S/C14H15N7S/c15-9-11(14-17-19-20-18-14)10-16-12-1-3-13(4-2-12)21-5-7-22-8-6-21/h1-4,10,16H,5-8H2,(H,17,18,19,20). The van der Waals surface area contributed by atoms with Crippen molar-refractivity contribution in [1.29, 1.82) is 5.26 Å². The van der Waals surface area contributed by atoms with Gasteiger partial charge in [-0.05, 0) is 29.5 Å². The molecule has 112 valence electrons. The van der Waals surface area contributed by atoms with Gasteiger partial charge in [-0.3, -0.25) is 0 Å². The molecule has 8 heteroatoms. The summed E-state index contributed by atoms with van der Waals surface area (Å²) >= 11 is 2.00. The molecule has 0 atom stereocenters. The molecule has 22 heavy (non-hydrogen) atoms. The quantitative estimate of drug-likeness (QED) is 0.830. The highest BCUT2D eigenvalue weighted by Gasteiger charge is 2.10. The van der Waals surface area contributed by atoms with E-state index in [1.807, 2.05) is 30.0 Å². The first-order valence-electron chi connectivity index (χ1n) is 6.90. The first-order chi connectivity index (χ1) is 10.9. The number of allylic oxidation sites excluding steroid dienone is 1. The molecule has 3 rings (SSSR count). The topological polar surface area (TPSA) is 93.5 Å². The molecule has 2 heterocycles. The van der Waals surface area contributed by atoms with Crippen LogP contribution in [0.2, 0.25) is 0 Å². The minimum absolute atomic E-state index is 0.275. The van der Waals surface area contributed by atoms with Crippen molar-refractivity contribution < 1.29 is 0 Å². The number of nitriles is 1. The Morgan fingerprint density at radius 3 is 2.73 bits per heavy atom. The van der Waals surface area contributed by atoms with E-state index in [1.54, 1.807) is 6.20 Å². The Bertz CT molecular complexity index is 666. The number of nitrogens with one attached hydrogen (secondary N) is 2. The van der Waals surface area contributed by atoms with Gasteiger partial charge in [0.05, 0.1) is 0 Å². The normalized spacial score (nSPS) is 15.4. The molecule has 1 aliphatic heterocycles. The average Bonchev–Trinajstić information content (AvgIpc) is 3.11. The van der Waals surface area contributed by atoms with Crippen molar-refractivity contribution in [2.45, 2.75) is 0 Å². The van der Waals surface area contributed by atoms with Gasteiger partial charge in [-0.15, -0.1) is 10.2 Å². The lowest BCUT2D eigenvalue weighted by molar-refractivity contribution is 0.859. The van der Waals surface area contributed by atoms with Crippen LogP contribution in [0.3, 0.4) is 0 Å². The zero-order valence-electron chi connectivity index (χ0n) is 11.9. The van der Waals surface area contributed by atoms with Gasteiger partial charge in [0.15, 0.2) is 0 Å². The van der Waals surface area contributed by atoms with E-state index in [2.05, 4.69) is 43.0 Å². The minimum Gasteiger partial charge on any atom is -0.370 e. The lowest BCUT2D eigenvalue weighted by Crippen LogP contribution is -2.32. The molecular formula is C14H15N7S. The molecule has 0 unspecified atom stereocenters. The lowest BCUT2D eigenvalue weighted by atomic mass is 10.2. The van der Waals surface area contributed by atoms with E-state index >= 15 is 0 Å². The number of tetrazole rings is 1. The molecule has 2 aromatic rings. The Labute approximate surface area is 132 Å². The first-order valence-corrected chi connectivity index (χ1v) is 8.05. The van der Waals surface area contributed by atoms with Crippen LogP contribution in [0.1, 0.15) is 5.82 Å². The van der Waals surface area contributed by atoms with Crippen molar-refractivity contribution in [2.24, 2.45) is 0 Å². The van der Waals surface area contributed by atoms with E-state index in [9.17, 15) is 0 Å². The smallest absolute Gasteiger partial charge is 0.216 e. The van der Waals surface area contributed by atoms with Crippen molar-refractivity contribution in [2.75, 3.05) is 34.8 Å². The molecule has 2 N–H and O–H groups in total. The fourth-order valence-electron chi connectivity index (χ4n) is 2.17. The van der Waals surface area contributed by atoms with Crippen molar-refractivity contribution in [1.82, 2.24) is 20.6 Å². The van der Waals surface area contributed by atoms with Crippen LogP contribution >= 0.6 is 11.8 Å². The Morgan fingerprint density at radius 1 is 1.32 bits per heavy atom. The SMILES string of the molecule is N#CC(=CNc1ccc(N2CCSCC2)cc1)c1nn[nH]n1. The van der Waals surface area contributed by atoms with Crippen LogP contribution in [-0.2, 0) is 0 Å². The fraction of sp³-hybridized carbons (Fsp3) is 0.286. The van der Waals surface area contributed by atoms with Crippen LogP contribution < -0.4 is 10.2 Å². The van der Waals surface area contributed by atoms with E-state index in [0.717, 1.165) is 18.8 Å². The lowest BCUT2D eigenvalue weighted by Gasteiger charge is -2.28. The summed E-state index contributed by atoms with van der Waals surface area (Å²) < 4.78 is 0. The molecule has 1 aromatic carbocycles. The van der Waals surface area contributed by atoms with Crippen LogP contribution in [0.25, 0.3) is 5.57 Å². The maximum absolute atomic E-state index is 9.10. The van der Waals surface area contributed by atoms with Gasteiger partial charge in [0.1, 0.15) is 11.6 Å². The number of rotatable bonds is 4. The monoisotopic (exact) mass is 313 g/mol. The van der Waals surface area contributed by atoms with Gasteiger partial charge in [-0.25, -0.2) is 0 Å². The summed E-state index contributed by atoms with van der Waals surface area (Å²) in [6.07, 6.45) is 1.58. The third kappa shape index (κ3) is 3.38. The zero-order valence-corrected chi connectivity index (χ0v) is 12.7. The average molecular weight is 313 g/mol. The molecule has 0 spiro atoms. The molecule has 1 aromatic heterocycles. The molecule has 0 saturated carbocycles. The van der Waals surface area contributed by atoms with Gasteiger partial charge in [-0.1, -0.05) is 0 Å². The number of benzene rings is 1. The van der Waals surface area contributed by atoms with Gasteiger partial charge in [-0.2, -0.15) is 22.2 Å². The second-order valence-electron chi connectivity index (χ2n) is 4.70. The maximum atomic E-state index is 9.10. The highest BCUT2D eigenvalue weighted by Crippen LogP contribution is 2.21. The second-order valence-corrected chi connectivity index (χ2v) is 5.92. The third-order valence-corrected chi connectivity index (χ3v) is 4.28. The van der Waals surface area contributed by atoms with E-state index in [-0.39, 0.29) is 5.82 Å². The molecule has 7 nitrogen and oxygen atoms in total. The number of nitrogens with zero attached hydrogens (tertiary/aromatic N) is 5. The van der Waals surface area contributed by atoms with Crippen molar-refractivity contribution in [3.63, 3.8) is 0 Å². The van der Waals surface area contributed by atoms with E-state index in [1.165, 1.54) is 17.2 Å². The molecule has 0 bridgehead atoms. The Kier molecular flexibility index (Phi) is 4.56. The van der Waals surface area contributed by atoms with Crippen molar-refractivity contribution >= 4 is 28.7 Å². The highest BCUT2D eigenvalue weighted by atomic mass is 32.2. The molecular weight excluding hydrogens is 298 g/mol. The Hall–Kier alpha value is -2.53. The zero-order chi connectivity index (χ0) is 15.2. The van der Waals surface area contributed by atoms with E-state index in [4.69, 9.17) is 5.26 Å². The summed E-state index contributed by atoms with van der Waals surface area (Å²) in [6, 6.07) is 10.2. The van der Waals surface area contributed by atoms with Gasteiger partial charge in [0, 0.05) is 42.2 Å². The minimum atomic E-state index is 0.275. The number of aromatic amines is 1. The number of aromatic nitrogens is 4. The largest absolute Gasteiger partial charge is 0.370 e. The molecule has 1 saturated heterocycles. The number of H-pyrrole nitrogens is 1. The van der Waals surface area contributed by atoms with Gasteiger partial charge in [0.25, 0.3) is 0 Å². The summed E-state index contributed by atoms with van der Waals surface area (Å²) in [5, 5.41) is 25.5. The number of hydrogen-bond acceptors (Lipinski definition) is 7. The summed E-state index contributed by atoms with van der Waals surface area (Å²) in [7, 11) is 0. The Balaban J connectivity index is 1.67. The third-order valence-electron chi connectivity index (χ3n) is 3.33. The molecule has 1 fully saturated rings. The fourth-order valence-corrected chi connectivity index (χ4v) is 3.07. The first kappa shape index (κ1) is 14.4. The van der Waals surface area contributed by atoms with Gasteiger partial charge >= 0.3 is 0 Å². The van der Waals surface area contributed by atoms with Crippen LogP contribution in [0.15, 0.2) is 30.5 Å². The van der Waals surface area contributed by atoms with Crippen LogP contribution in [0.5, 0.6) is 0 Å². The summed E-state index contributed by atoms with van der Waals surface area (Å²) in [6.45, 7) is 2.18. The van der Waals surface area contributed by atoms with Crippen LogP contribution in [0, 0.1) is 11.3 Å². The van der Waals surface area contributed by atoms with Crippen molar-refractivity contribution in [3.05, 3.63) is 36.3 Å². The molecule has 0 amide bonds. The highest BCUT2D eigenvalue weighted by molar-refractivity contribution is 7.99. The predicted molar refractivity (Wildman–Crippen MR) is 87.4 cm³/mol. The summed E-state index contributed by atoms with van der Waals surface area (Å²) in [5.74, 6) is 2.63. The van der Waals surface area contributed by atoms with Crippen LogP contribution in [0.4, 0.5) is 11.4 Å². The Morgan fingerprint density at radius 2 is 2.09 bits per heavy atom. The van der Waals surface area contributed by atoms with Gasteiger partial charge in [0.2, 0.25) is 5.82 Å². The molecule has 0 radical (unpaired) electrons. The molecule has 1 aliphatic rings. The van der Waals surface area contributed by atoms with E-state index < -0.39 is 0 Å². The number of thioether (sulfide) groups is 1. The van der Waals surface area contributed by atoms with E-state index in [0.29, 0.717) is 5.57 Å². The number of hydrogen-bond donors (Lipinski definition) is 2. The van der Waals surface area contributed by atoms with Crippen LogP contribution in [-0.4, -0.2) is 45.2 Å². The number of anilines is 2. The second kappa shape index (κ2) is 6.95. The molecule has 0 aliphatic carbocycles. The van der Waals surface area contributed by atoms with Gasteiger partial charge < -0.3 is 10.2 Å².